The number of aromatic nitrogens is 2. The second-order valence-electron chi connectivity index (χ2n) is 4.92. The first kappa shape index (κ1) is 13.7. The summed E-state index contributed by atoms with van der Waals surface area (Å²) in [4.78, 5) is 24.7. The van der Waals surface area contributed by atoms with Crippen molar-refractivity contribution >= 4 is 11.8 Å². The summed E-state index contributed by atoms with van der Waals surface area (Å²) in [7, 11) is 3.48. The minimum atomic E-state index is -0.387. The highest BCUT2D eigenvalue weighted by molar-refractivity contribution is 5.94. The quantitative estimate of drug-likeness (QED) is 0.733. The summed E-state index contributed by atoms with van der Waals surface area (Å²) in [6.45, 7) is 6.63. The predicted molar refractivity (Wildman–Crippen MR) is 72.4 cm³/mol. The summed E-state index contributed by atoms with van der Waals surface area (Å²) in [6.07, 6.45) is 1.55. The van der Waals surface area contributed by atoms with Gasteiger partial charge in [0, 0.05) is 31.9 Å². The van der Waals surface area contributed by atoms with E-state index in [1.165, 1.54) is 7.11 Å². The van der Waals surface area contributed by atoms with Crippen LogP contribution in [0.4, 0.5) is 5.82 Å². The molecule has 1 aliphatic heterocycles. The fraction of sp³-hybridized carbons (Fsp3) is 0.615. The number of carbonyl (C=O) groups is 1. The minimum Gasteiger partial charge on any atom is -0.465 e. The third kappa shape index (κ3) is 2.84. The fourth-order valence-electron chi connectivity index (χ4n) is 2.19. The maximum Gasteiger partial charge on any atom is 0.343 e. The number of hydrogen-bond donors (Lipinski definition) is 0. The number of esters is 1. The molecule has 0 amide bonds. The first-order valence-electron chi connectivity index (χ1n) is 6.40. The van der Waals surface area contributed by atoms with Crippen molar-refractivity contribution in [1.29, 1.82) is 0 Å². The number of ether oxygens (including phenoxy) is 1. The number of methoxy groups -OCH3 is 1. The molecule has 0 aliphatic carbocycles. The van der Waals surface area contributed by atoms with Crippen LogP contribution in [0.2, 0.25) is 0 Å². The van der Waals surface area contributed by atoms with Crippen molar-refractivity contribution in [2.75, 3.05) is 38.7 Å². The maximum atomic E-state index is 11.8. The van der Waals surface area contributed by atoms with Crippen LogP contribution in [-0.4, -0.2) is 60.7 Å². The lowest BCUT2D eigenvalue weighted by atomic mass is 10.2. The van der Waals surface area contributed by atoms with Gasteiger partial charge in [0.1, 0.15) is 17.2 Å². The summed E-state index contributed by atoms with van der Waals surface area (Å²) in [6, 6.07) is 0.425. The molecule has 0 bridgehead atoms. The molecule has 19 heavy (non-hydrogen) atoms. The maximum absolute atomic E-state index is 11.8. The van der Waals surface area contributed by atoms with Crippen LogP contribution in [0.3, 0.4) is 0 Å². The largest absolute Gasteiger partial charge is 0.465 e. The van der Waals surface area contributed by atoms with Crippen LogP contribution < -0.4 is 4.90 Å². The van der Waals surface area contributed by atoms with E-state index in [1.807, 2.05) is 6.92 Å². The molecule has 6 nitrogen and oxygen atoms in total. The van der Waals surface area contributed by atoms with Crippen molar-refractivity contribution in [2.45, 2.75) is 19.9 Å². The van der Waals surface area contributed by atoms with E-state index in [-0.39, 0.29) is 5.97 Å². The van der Waals surface area contributed by atoms with Crippen molar-refractivity contribution in [3.8, 4) is 0 Å². The molecule has 1 aromatic heterocycles. The van der Waals surface area contributed by atoms with Gasteiger partial charge in [-0.3, -0.25) is 0 Å². The Labute approximate surface area is 113 Å². The number of likely N-dealkylation sites (N-methyl/N-ethyl adjacent to an activating group) is 1. The summed E-state index contributed by atoms with van der Waals surface area (Å²) < 4.78 is 4.80. The molecule has 0 aromatic carbocycles. The molecule has 1 aliphatic rings. The van der Waals surface area contributed by atoms with Crippen LogP contribution in [0.5, 0.6) is 0 Å². The van der Waals surface area contributed by atoms with Gasteiger partial charge in [0.2, 0.25) is 0 Å². The monoisotopic (exact) mass is 264 g/mol. The summed E-state index contributed by atoms with van der Waals surface area (Å²) >= 11 is 0. The highest BCUT2D eigenvalue weighted by Gasteiger charge is 2.26. The number of rotatable bonds is 2. The molecule has 2 rings (SSSR count). The molecular weight excluding hydrogens is 244 g/mol. The lowest BCUT2D eigenvalue weighted by Crippen LogP contribution is -2.50. The first-order valence-corrected chi connectivity index (χ1v) is 6.40. The fourth-order valence-corrected chi connectivity index (χ4v) is 2.19. The van der Waals surface area contributed by atoms with Gasteiger partial charge in [0.05, 0.1) is 7.11 Å². The van der Waals surface area contributed by atoms with Gasteiger partial charge in [0.15, 0.2) is 0 Å². The molecule has 0 N–H and O–H groups in total. The van der Waals surface area contributed by atoms with E-state index in [1.54, 1.807) is 6.20 Å². The Bertz CT molecular complexity index is 478. The molecule has 1 atom stereocenters. The highest BCUT2D eigenvalue weighted by atomic mass is 16.5. The van der Waals surface area contributed by atoms with Gasteiger partial charge in [-0.1, -0.05) is 0 Å². The van der Waals surface area contributed by atoms with Crippen LogP contribution in [0.15, 0.2) is 6.20 Å². The van der Waals surface area contributed by atoms with Crippen LogP contribution in [0, 0.1) is 6.92 Å². The van der Waals surface area contributed by atoms with Gasteiger partial charge in [0.25, 0.3) is 0 Å². The third-order valence-corrected chi connectivity index (χ3v) is 3.55. The normalized spacial score (nSPS) is 20.4. The minimum absolute atomic E-state index is 0.387. The van der Waals surface area contributed by atoms with Crippen molar-refractivity contribution in [3.63, 3.8) is 0 Å². The van der Waals surface area contributed by atoms with Gasteiger partial charge in [-0.05, 0) is 20.9 Å². The van der Waals surface area contributed by atoms with E-state index in [4.69, 9.17) is 4.74 Å². The molecule has 1 fully saturated rings. The van der Waals surface area contributed by atoms with Crippen LogP contribution in [-0.2, 0) is 4.74 Å². The molecular formula is C13H20N4O2. The van der Waals surface area contributed by atoms with Gasteiger partial charge in [-0.2, -0.15) is 0 Å². The average Bonchev–Trinajstić information content (AvgIpc) is 2.41. The summed E-state index contributed by atoms with van der Waals surface area (Å²) in [5, 5.41) is 0. The van der Waals surface area contributed by atoms with Gasteiger partial charge < -0.3 is 14.5 Å². The lowest BCUT2D eigenvalue weighted by Gasteiger charge is -2.38. The summed E-state index contributed by atoms with van der Waals surface area (Å²) in [5.74, 6) is 0.954. The Kier molecular flexibility index (Phi) is 3.99. The number of hydrogen-bond acceptors (Lipinski definition) is 6. The highest BCUT2D eigenvalue weighted by Crippen LogP contribution is 2.21. The molecule has 6 heteroatoms. The van der Waals surface area contributed by atoms with E-state index in [0.29, 0.717) is 23.2 Å². The molecule has 2 heterocycles. The molecule has 1 unspecified atom stereocenters. The topological polar surface area (TPSA) is 58.6 Å². The molecule has 104 valence electrons. The van der Waals surface area contributed by atoms with Crippen molar-refractivity contribution in [3.05, 3.63) is 17.6 Å². The zero-order chi connectivity index (χ0) is 14.0. The second kappa shape index (κ2) is 5.52. The number of carbonyl (C=O) groups excluding carboxylic acids is 1. The van der Waals surface area contributed by atoms with Crippen LogP contribution in [0.1, 0.15) is 23.1 Å². The Morgan fingerprint density at radius 2 is 2.21 bits per heavy atom. The Morgan fingerprint density at radius 1 is 1.47 bits per heavy atom. The van der Waals surface area contributed by atoms with Crippen molar-refractivity contribution in [2.24, 2.45) is 0 Å². The smallest absolute Gasteiger partial charge is 0.343 e. The average molecular weight is 264 g/mol. The SMILES string of the molecule is COC(=O)c1cnc(C)nc1N1CCN(C)C(C)C1. The third-order valence-electron chi connectivity index (χ3n) is 3.55. The molecule has 1 aromatic rings. The number of piperazine rings is 1. The van der Waals surface area contributed by atoms with Crippen molar-refractivity contribution < 1.29 is 9.53 Å². The van der Waals surface area contributed by atoms with E-state index in [0.717, 1.165) is 19.6 Å². The van der Waals surface area contributed by atoms with Gasteiger partial charge in [-0.25, -0.2) is 14.8 Å². The van der Waals surface area contributed by atoms with Crippen LogP contribution in [0.25, 0.3) is 0 Å². The number of aryl methyl sites for hydroxylation is 1. The molecule has 0 saturated carbocycles. The Morgan fingerprint density at radius 3 is 2.84 bits per heavy atom. The summed E-state index contributed by atoms with van der Waals surface area (Å²) in [5.41, 5.74) is 0.435. The number of nitrogens with zero attached hydrogens (tertiary/aromatic N) is 4. The predicted octanol–water partition coefficient (Wildman–Crippen LogP) is 0.712. The Hall–Kier alpha value is -1.69. The van der Waals surface area contributed by atoms with E-state index in [9.17, 15) is 4.79 Å². The second-order valence-corrected chi connectivity index (χ2v) is 4.92. The molecule has 1 saturated heterocycles. The van der Waals surface area contributed by atoms with Gasteiger partial charge in [-0.15, -0.1) is 0 Å². The zero-order valence-electron chi connectivity index (χ0n) is 11.9. The number of anilines is 1. The van der Waals surface area contributed by atoms with E-state index >= 15 is 0 Å². The van der Waals surface area contributed by atoms with E-state index in [2.05, 4.69) is 33.7 Å². The standard InChI is InChI=1S/C13H20N4O2/c1-9-8-17(6-5-16(9)3)12-11(13(18)19-4)7-14-10(2)15-12/h7,9H,5-6,8H2,1-4H3. The zero-order valence-corrected chi connectivity index (χ0v) is 11.9. The first-order chi connectivity index (χ1) is 9.02. The molecule has 0 spiro atoms. The van der Waals surface area contributed by atoms with Gasteiger partial charge >= 0.3 is 5.97 Å². The van der Waals surface area contributed by atoms with Crippen LogP contribution >= 0.6 is 0 Å². The molecule has 0 radical (unpaired) electrons. The lowest BCUT2D eigenvalue weighted by molar-refractivity contribution is 0.0600. The Balaban J connectivity index is 2.32. The van der Waals surface area contributed by atoms with Crippen molar-refractivity contribution in [1.82, 2.24) is 14.9 Å². The van der Waals surface area contributed by atoms with E-state index < -0.39 is 0 Å².